The number of rotatable bonds is 8. The third-order valence-corrected chi connectivity index (χ3v) is 6.15. The maximum Gasteiger partial charge on any atom is 0.191 e. The predicted molar refractivity (Wildman–Crippen MR) is 137 cm³/mol. The molecule has 1 unspecified atom stereocenters. The highest BCUT2D eigenvalue weighted by atomic mass is 127. The van der Waals surface area contributed by atoms with E-state index in [1.54, 1.807) is 11.3 Å². The second-order valence-corrected chi connectivity index (χ2v) is 8.75. The summed E-state index contributed by atoms with van der Waals surface area (Å²) in [5.74, 6) is 0.916. The summed E-state index contributed by atoms with van der Waals surface area (Å²) >= 11 is 1.78. The highest BCUT2D eigenvalue weighted by Crippen LogP contribution is 2.18. The summed E-state index contributed by atoms with van der Waals surface area (Å²) in [6.45, 7) is 7.00. The predicted octanol–water partition coefficient (Wildman–Crippen LogP) is 2.92. The molecule has 2 aromatic rings. The quantitative estimate of drug-likeness (QED) is 0.304. The fourth-order valence-corrected chi connectivity index (χ4v) is 4.41. The standard InChI is InChI=1S/C21H35N7S.HI/c1-5-22-21(23-13-20(26(2)3)18-12-24-27(4)15-18)25-19-6-9-28(10-7-19)14-17-8-11-29-16-17;/h8,11-12,15-16,19-20H,5-7,9-10,13-14H2,1-4H3,(H2,22,23,25);1H. The van der Waals surface area contributed by atoms with E-state index in [0.29, 0.717) is 12.6 Å². The van der Waals surface area contributed by atoms with E-state index in [0.717, 1.165) is 45.0 Å². The zero-order chi connectivity index (χ0) is 20.6. The number of aryl methyl sites for hydroxylation is 1. The van der Waals surface area contributed by atoms with Gasteiger partial charge < -0.3 is 15.5 Å². The molecule has 0 aliphatic carbocycles. The Hall–Kier alpha value is -1.17. The number of likely N-dealkylation sites (tertiary alicyclic amines) is 1. The van der Waals surface area contributed by atoms with E-state index in [9.17, 15) is 0 Å². The van der Waals surface area contributed by atoms with E-state index in [1.807, 2.05) is 17.9 Å². The Morgan fingerprint density at radius 3 is 2.70 bits per heavy atom. The van der Waals surface area contributed by atoms with Crippen molar-refractivity contribution < 1.29 is 0 Å². The molecule has 0 amide bonds. The number of nitrogens with one attached hydrogen (secondary N) is 2. The minimum Gasteiger partial charge on any atom is -0.357 e. The lowest BCUT2D eigenvalue weighted by Gasteiger charge is -2.33. The van der Waals surface area contributed by atoms with Crippen LogP contribution in [0.2, 0.25) is 0 Å². The maximum atomic E-state index is 4.90. The molecule has 3 heterocycles. The monoisotopic (exact) mass is 545 g/mol. The molecule has 0 radical (unpaired) electrons. The van der Waals surface area contributed by atoms with Crippen molar-refractivity contribution in [3.63, 3.8) is 0 Å². The minimum atomic E-state index is 0. The highest BCUT2D eigenvalue weighted by molar-refractivity contribution is 14.0. The molecular weight excluding hydrogens is 509 g/mol. The van der Waals surface area contributed by atoms with E-state index in [-0.39, 0.29) is 30.0 Å². The smallest absolute Gasteiger partial charge is 0.191 e. The molecular formula is C21H36IN7S. The molecule has 0 bridgehead atoms. The normalized spacial score (nSPS) is 17.0. The van der Waals surface area contributed by atoms with Gasteiger partial charge in [0.2, 0.25) is 0 Å². The zero-order valence-corrected chi connectivity index (χ0v) is 21.7. The van der Waals surface area contributed by atoms with Crippen molar-refractivity contribution in [1.82, 2.24) is 30.2 Å². The van der Waals surface area contributed by atoms with Gasteiger partial charge in [0.05, 0.1) is 18.8 Å². The molecule has 9 heteroatoms. The van der Waals surface area contributed by atoms with Crippen molar-refractivity contribution in [2.24, 2.45) is 12.0 Å². The minimum absolute atomic E-state index is 0. The van der Waals surface area contributed by atoms with E-state index >= 15 is 0 Å². The van der Waals surface area contributed by atoms with Crippen LogP contribution in [0, 0.1) is 0 Å². The molecule has 1 saturated heterocycles. The number of guanidine groups is 1. The molecule has 1 atom stereocenters. The van der Waals surface area contributed by atoms with E-state index < -0.39 is 0 Å². The van der Waals surface area contributed by atoms with E-state index in [2.05, 4.69) is 69.6 Å². The summed E-state index contributed by atoms with van der Waals surface area (Å²) < 4.78 is 1.85. The van der Waals surface area contributed by atoms with Crippen molar-refractivity contribution in [3.05, 3.63) is 40.3 Å². The molecule has 7 nitrogen and oxygen atoms in total. The van der Waals surface area contributed by atoms with Crippen LogP contribution in [0.1, 0.15) is 36.9 Å². The third-order valence-electron chi connectivity index (χ3n) is 5.41. The molecule has 0 spiro atoms. The van der Waals surface area contributed by atoms with Crippen molar-refractivity contribution >= 4 is 41.3 Å². The topological polar surface area (TPSA) is 60.7 Å². The lowest BCUT2D eigenvalue weighted by atomic mass is 10.0. The summed E-state index contributed by atoms with van der Waals surface area (Å²) in [7, 11) is 6.14. The molecule has 30 heavy (non-hydrogen) atoms. The molecule has 1 aliphatic heterocycles. The molecule has 1 fully saturated rings. The summed E-state index contributed by atoms with van der Waals surface area (Å²) in [4.78, 5) is 9.65. The van der Waals surface area contributed by atoms with Gasteiger partial charge in [0.1, 0.15) is 0 Å². The van der Waals surface area contributed by atoms with Crippen LogP contribution in [0.5, 0.6) is 0 Å². The van der Waals surface area contributed by atoms with Crippen LogP contribution in [-0.2, 0) is 13.6 Å². The summed E-state index contributed by atoms with van der Waals surface area (Å²) in [6.07, 6.45) is 6.30. The van der Waals surface area contributed by atoms with Gasteiger partial charge in [-0.2, -0.15) is 16.4 Å². The Labute approximate surface area is 201 Å². The highest BCUT2D eigenvalue weighted by Gasteiger charge is 2.21. The van der Waals surface area contributed by atoms with Crippen molar-refractivity contribution in [2.75, 3.05) is 40.3 Å². The number of piperidine rings is 1. The molecule has 2 aromatic heterocycles. The van der Waals surface area contributed by atoms with Gasteiger partial charge >= 0.3 is 0 Å². The average molecular weight is 546 g/mol. The van der Waals surface area contributed by atoms with Gasteiger partial charge in [-0.15, -0.1) is 24.0 Å². The number of nitrogens with zero attached hydrogens (tertiary/aromatic N) is 5. The summed E-state index contributed by atoms with van der Waals surface area (Å²) in [6, 6.07) is 2.92. The Bertz CT molecular complexity index is 751. The van der Waals surface area contributed by atoms with Crippen LogP contribution >= 0.6 is 35.3 Å². The van der Waals surface area contributed by atoms with Crippen LogP contribution in [0.15, 0.2) is 34.2 Å². The van der Waals surface area contributed by atoms with Gasteiger partial charge in [-0.25, -0.2) is 0 Å². The Morgan fingerprint density at radius 2 is 2.13 bits per heavy atom. The first-order valence-corrected chi connectivity index (χ1v) is 11.4. The number of hydrogen-bond acceptors (Lipinski definition) is 5. The van der Waals surface area contributed by atoms with E-state index in [4.69, 9.17) is 4.99 Å². The van der Waals surface area contributed by atoms with Crippen molar-refractivity contribution in [2.45, 2.75) is 38.4 Å². The largest absolute Gasteiger partial charge is 0.357 e. The number of halogens is 1. The average Bonchev–Trinajstić information content (AvgIpc) is 3.35. The zero-order valence-electron chi connectivity index (χ0n) is 18.5. The summed E-state index contributed by atoms with van der Waals surface area (Å²) in [5.41, 5.74) is 2.63. The Morgan fingerprint density at radius 1 is 1.37 bits per heavy atom. The molecule has 0 saturated carbocycles. The fourth-order valence-electron chi connectivity index (χ4n) is 3.75. The van der Waals surface area contributed by atoms with E-state index in [1.165, 1.54) is 11.1 Å². The third kappa shape index (κ3) is 7.51. The van der Waals surface area contributed by atoms with Gasteiger partial charge in [-0.05, 0) is 56.3 Å². The number of aromatic nitrogens is 2. The van der Waals surface area contributed by atoms with Crippen molar-refractivity contribution in [1.29, 1.82) is 0 Å². The lowest BCUT2D eigenvalue weighted by molar-refractivity contribution is 0.198. The Kier molecular flexibility index (Phi) is 10.6. The molecule has 0 aromatic carbocycles. The Balaban J connectivity index is 0.00000320. The number of thiophene rings is 1. The first-order chi connectivity index (χ1) is 14.0. The van der Waals surface area contributed by atoms with Crippen LogP contribution in [0.3, 0.4) is 0 Å². The van der Waals surface area contributed by atoms with Crippen LogP contribution in [0.4, 0.5) is 0 Å². The van der Waals surface area contributed by atoms with Gasteiger partial charge in [0.15, 0.2) is 5.96 Å². The first-order valence-electron chi connectivity index (χ1n) is 10.5. The fraction of sp³-hybridized carbons (Fsp3) is 0.619. The van der Waals surface area contributed by atoms with Gasteiger partial charge in [0, 0.05) is 51.0 Å². The first kappa shape index (κ1) is 25.1. The number of likely N-dealkylation sites (N-methyl/N-ethyl adjacent to an activating group) is 1. The van der Waals surface area contributed by atoms with Crippen LogP contribution in [-0.4, -0.2) is 71.9 Å². The molecule has 1 aliphatic rings. The van der Waals surface area contributed by atoms with Crippen molar-refractivity contribution in [3.8, 4) is 0 Å². The lowest BCUT2D eigenvalue weighted by Crippen LogP contribution is -2.48. The molecule has 2 N–H and O–H groups in total. The second-order valence-electron chi connectivity index (χ2n) is 7.97. The second kappa shape index (κ2) is 12.6. The van der Waals surface area contributed by atoms with Gasteiger partial charge in [-0.1, -0.05) is 0 Å². The number of aliphatic imine (C=N–C) groups is 1. The van der Waals surface area contributed by atoms with Crippen LogP contribution < -0.4 is 10.6 Å². The SMILES string of the molecule is CCNC(=NCC(c1cnn(C)c1)N(C)C)NC1CCN(Cc2ccsc2)CC1.I. The maximum absolute atomic E-state index is 4.90. The van der Waals surface area contributed by atoms with Crippen LogP contribution in [0.25, 0.3) is 0 Å². The van der Waals surface area contributed by atoms with Gasteiger partial charge in [-0.3, -0.25) is 14.6 Å². The van der Waals surface area contributed by atoms with Gasteiger partial charge in [0.25, 0.3) is 0 Å². The molecule has 168 valence electrons. The summed E-state index contributed by atoms with van der Waals surface area (Å²) in [5, 5.41) is 15.8. The number of hydrogen-bond donors (Lipinski definition) is 2. The molecule has 3 rings (SSSR count).